The average Bonchev–Trinajstić information content (AvgIpc) is 2.76. The van der Waals surface area contributed by atoms with Crippen LogP contribution < -0.4 is 0 Å². The van der Waals surface area contributed by atoms with Gasteiger partial charge in [-0.15, -0.1) is 11.3 Å². The zero-order valence-electron chi connectivity index (χ0n) is 12.1. The van der Waals surface area contributed by atoms with Crippen molar-refractivity contribution in [2.45, 2.75) is 51.0 Å². The fraction of sp³-hybridized carbons (Fsp3) is 0.500. The van der Waals surface area contributed by atoms with E-state index in [2.05, 4.69) is 44.0 Å². The van der Waals surface area contributed by atoms with Crippen molar-refractivity contribution in [3.8, 4) is 0 Å². The molecule has 2 aromatic rings. The number of aromatic nitrogens is 1. The van der Waals surface area contributed by atoms with Crippen LogP contribution >= 0.6 is 11.3 Å². The zero-order chi connectivity index (χ0) is 14.4. The number of hydrogen-bond acceptors (Lipinski definition) is 4. The van der Waals surface area contributed by atoms with E-state index in [9.17, 15) is 4.79 Å². The molecule has 1 aromatic carbocycles. The first-order chi connectivity index (χ1) is 9.44. The third-order valence-corrected chi connectivity index (χ3v) is 5.47. The van der Waals surface area contributed by atoms with Crippen LogP contribution in [0.5, 0.6) is 0 Å². The van der Waals surface area contributed by atoms with Gasteiger partial charge in [0.05, 0.1) is 20.8 Å². The minimum Gasteiger partial charge on any atom is -0.241 e. The normalized spacial score (nSPS) is 17.6. The summed E-state index contributed by atoms with van der Waals surface area (Å²) >= 11 is 1.74. The molecule has 0 saturated heterocycles. The Hall–Kier alpha value is -1.51. The van der Waals surface area contributed by atoms with Gasteiger partial charge in [-0.3, -0.25) is 0 Å². The van der Waals surface area contributed by atoms with E-state index in [0.29, 0.717) is 0 Å². The highest BCUT2D eigenvalue weighted by Gasteiger charge is 2.39. The molecule has 1 aliphatic rings. The number of thiazole rings is 1. The summed E-state index contributed by atoms with van der Waals surface area (Å²) in [6.07, 6.45) is 4.73. The van der Waals surface area contributed by atoms with Crippen molar-refractivity contribution < 1.29 is 4.79 Å². The number of carbonyl (C=O) groups excluding carboxylic acids is 1. The molecule has 0 amide bonds. The molecule has 3 nitrogen and oxygen atoms in total. The molecule has 0 radical (unpaired) electrons. The largest absolute Gasteiger partial charge is 0.241 e. The van der Waals surface area contributed by atoms with Crippen molar-refractivity contribution in [2.24, 2.45) is 4.99 Å². The first-order valence-electron chi connectivity index (χ1n) is 6.95. The second kappa shape index (κ2) is 4.51. The molecule has 20 heavy (non-hydrogen) atoms. The van der Waals surface area contributed by atoms with Crippen molar-refractivity contribution in [3.05, 3.63) is 28.8 Å². The van der Waals surface area contributed by atoms with E-state index in [0.717, 1.165) is 35.4 Å². The Bertz CT molecular complexity index is 701. The Kier molecular flexibility index (Phi) is 3.03. The van der Waals surface area contributed by atoms with Gasteiger partial charge in [0.1, 0.15) is 0 Å². The van der Waals surface area contributed by atoms with E-state index in [1.54, 1.807) is 17.4 Å². The van der Waals surface area contributed by atoms with Crippen molar-refractivity contribution in [1.29, 1.82) is 0 Å². The Balaban J connectivity index is 2.09. The van der Waals surface area contributed by atoms with Crippen LogP contribution in [-0.2, 0) is 15.7 Å². The van der Waals surface area contributed by atoms with E-state index in [4.69, 9.17) is 4.98 Å². The van der Waals surface area contributed by atoms with E-state index < -0.39 is 0 Å². The standard InChI is InChI=1S/C16H18N2OS/c1-15(2,3)14-18-12-9-11(5-6-13(12)20-14)16(17-10-19)7-4-8-16/h5-6,9H,4,7-8H2,1-3H3. The molecule has 1 aliphatic carbocycles. The second-order valence-electron chi connectivity index (χ2n) is 6.54. The molecular formula is C16H18N2OS. The summed E-state index contributed by atoms with van der Waals surface area (Å²) in [4.78, 5) is 19.5. The number of hydrogen-bond donors (Lipinski definition) is 0. The van der Waals surface area contributed by atoms with Gasteiger partial charge in [0, 0.05) is 5.41 Å². The molecule has 1 aromatic heterocycles. The van der Waals surface area contributed by atoms with Gasteiger partial charge in [0.15, 0.2) is 0 Å². The molecular weight excluding hydrogens is 268 g/mol. The molecule has 0 bridgehead atoms. The maximum Gasteiger partial charge on any atom is 0.235 e. The molecule has 1 heterocycles. The summed E-state index contributed by atoms with van der Waals surface area (Å²) in [5.74, 6) is 0. The van der Waals surface area contributed by atoms with Crippen molar-refractivity contribution in [2.75, 3.05) is 0 Å². The lowest BCUT2D eigenvalue weighted by atomic mass is 9.72. The lowest BCUT2D eigenvalue weighted by molar-refractivity contribution is 0.256. The Morgan fingerprint density at radius 3 is 2.65 bits per heavy atom. The van der Waals surface area contributed by atoms with Gasteiger partial charge in [0.2, 0.25) is 6.08 Å². The van der Waals surface area contributed by atoms with E-state index in [1.165, 1.54) is 4.70 Å². The van der Waals surface area contributed by atoms with Crippen LogP contribution in [0.3, 0.4) is 0 Å². The highest BCUT2D eigenvalue weighted by molar-refractivity contribution is 7.18. The van der Waals surface area contributed by atoms with Gasteiger partial charge in [-0.05, 0) is 37.0 Å². The Morgan fingerprint density at radius 2 is 2.10 bits per heavy atom. The van der Waals surface area contributed by atoms with Crippen LogP contribution in [0.25, 0.3) is 10.2 Å². The molecule has 0 spiro atoms. The van der Waals surface area contributed by atoms with Crippen LogP contribution in [0.4, 0.5) is 0 Å². The molecule has 1 saturated carbocycles. The van der Waals surface area contributed by atoms with Crippen LogP contribution in [0.1, 0.15) is 50.6 Å². The number of benzene rings is 1. The third-order valence-electron chi connectivity index (χ3n) is 4.01. The average molecular weight is 286 g/mol. The molecule has 0 unspecified atom stereocenters. The molecule has 0 N–H and O–H groups in total. The summed E-state index contributed by atoms with van der Waals surface area (Å²) in [6, 6.07) is 6.30. The topological polar surface area (TPSA) is 42.3 Å². The van der Waals surface area contributed by atoms with E-state index >= 15 is 0 Å². The van der Waals surface area contributed by atoms with Crippen LogP contribution in [-0.4, -0.2) is 11.1 Å². The number of aliphatic imine (C=N–C) groups is 1. The maximum absolute atomic E-state index is 10.7. The predicted octanol–water partition coefficient (Wildman–Crippen LogP) is 4.31. The Labute approximate surface area is 122 Å². The third kappa shape index (κ3) is 2.09. The van der Waals surface area contributed by atoms with Crippen molar-refractivity contribution in [3.63, 3.8) is 0 Å². The SMILES string of the molecule is CC(C)(C)c1nc2cc(C3(N=C=O)CCC3)ccc2s1. The van der Waals surface area contributed by atoms with Gasteiger partial charge < -0.3 is 0 Å². The zero-order valence-corrected chi connectivity index (χ0v) is 12.9. The van der Waals surface area contributed by atoms with Crippen molar-refractivity contribution in [1.82, 2.24) is 4.98 Å². The maximum atomic E-state index is 10.7. The van der Waals surface area contributed by atoms with E-state index in [-0.39, 0.29) is 11.0 Å². The quantitative estimate of drug-likeness (QED) is 0.610. The molecule has 104 valence electrons. The summed E-state index contributed by atoms with van der Waals surface area (Å²) in [5, 5.41) is 1.14. The van der Waals surface area contributed by atoms with Gasteiger partial charge in [0.25, 0.3) is 0 Å². The van der Waals surface area contributed by atoms with Gasteiger partial charge >= 0.3 is 0 Å². The van der Waals surface area contributed by atoms with Crippen LogP contribution in [0.15, 0.2) is 23.2 Å². The lowest BCUT2D eigenvalue weighted by Crippen LogP contribution is -2.31. The van der Waals surface area contributed by atoms with Crippen LogP contribution in [0, 0.1) is 0 Å². The number of nitrogens with zero attached hydrogens (tertiary/aromatic N) is 2. The van der Waals surface area contributed by atoms with Gasteiger partial charge in [-0.2, -0.15) is 4.99 Å². The lowest BCUT2D eigenvalue weighted by Gasteiger charge is -2.37. The number of isocyanates is 1. The predicted molar refractivity (Wildman–Crippen MR) is 82.0 cm³/mol. The molecule has 3 rings (SSSR count). The molecule has 1 fully saturated rings. The first kappa shape index (κ1) is 13.5. The molecule has 4 heteroatoms. The first-order valence-corrected chi connectivity index (χ1v) is 7.77. The highest BCUT2D eigenvalue weighted by atomic mass is 32.1. The van der Waals surface area contributed by atoms with Crippen LogP contribution in [0.2, 0.25) is 0 Å². The summed E-state index contributed by atoms with van der Waals surface area (Å²) in [6.45, 7) is 6.53. The van der Waals surface area contributed by atoms with Gasteiger partial charge in [-0.25, -0.2) is 9.78 Å². The van der Waals surface area contributed by atoms with Gasteiger partial charge in [-0.1, -0.05) is 26.8 Å². The monoisotopic (exact) mass is 286 g/mol. The minimum absolute atomic E-state index is 0.0684. The highest BCUT2D eigenvalue weighted by Crippen LogP contribution is 2.45. The van der Waals surface area contributed by atoms with E-state index in [1.807, 2.05) is 0 Å². The number of rotatable bonds is 2. The number of fused-ring (bicyclic) bond motifs is 1. The molecule has 0 aliphatic heterocycles. The second-order valence-corrected chi connectivity index (χ2v) is 7.57. The smallest absolute Gasteiger partial charge is 0.235 e. The summed E-state index contributed by atoms with van der Waals surface area (Å²) in [5.41, 5.74) is 1.86. The van der Waals surface area contributed by atoms with Crippen molar-refractivity contribution >= 4 is 27.6 Å². The fourth-order valence-electron chi connectivity index (χ4n) is 2.60. The summed E-state index contributed by atoms with van der Waals surface area (Å²) < 4.78 is 1.20. The fourth-order valence-corrected chi connectivity index (χ4v) is 3.61. The minimum atomic E-state index is -0.332. The molecule has 0 atom stereocenters. The summed E-state index contributed by atoms with van der Waals surface area (Å²) in [7, 11) is 0. The Morgan fingerprint density at radius 1 is 1.35 bits per heavy atom.